The molecule has 3 N–H and O–H groups in total. The monoisotopic (exact) mass is 278 g/mol. The second kappa shape index (κ2) is 7.65. The van der Waals surface area contributed by atoms with Crippen LogP contribution in [0.1, 0.15) is 59.1 Å². The van der Waals surface area contributed by atoms with E-state index in [0.29, 0.717) is 17.9 Å². The number of rotatable bonds is 7. The molecule has 2 unspecified atom stereocenters. The number of nitrogens with one attached hydrogen (secondary N) is 1. The summed E-state index contributed by atoms with van der Waals surface area (Å²) in [5.74, 6) is 7.31. The summed E-state index contributed by atoms with van der Waals surface area (Å²) in [6.45, 7) is 11.8. The molecule has 3 nitrogen and oxygen atoms in total. The molecule has 0 fully saturated rings. The Morgan fingerprint density at radius 3 is 2.45 bits per heavy atom. The van der Waals surface area contributed by atoms with Gasteiger partial charge in [0.25, 0.3) is 0 Å². The van der Waals surface area contributed by atoms with E-state index in [9.17, 15) is 0 Å². The Morgan fingerprint density at radius 1 is 1.25 bits per heavy atom. The molecule has 0 radical (unpaired) electrons. The van der Waals surface area contributed by atoms with Gasteiger partial charge in [0.15, 0.2) is 0 Å². The average Bonchev–Trinajstić information content (AvgIpc) is 2.35. The van der Waals surface area contributed by atoms with E-state index < -0.39 is 0 Å². The molecule has 0 spiro atoms. The lowest BCUT2D eigenvalue weighted by atomic mass is 9.82. The molecule has 1 aromatic carbocycles. The number of para-hydroxylation sites is 1. The van der Waals surface area contributed by atoms with E-state index in [1.165, 1.54) is 6.42 Å². The summed E-state index contributed by atoms with van der Waals surface area (Å²) >= 11 is 0. The number of nitrogens with two attached hydrogens (primary N) is 1. The fourth-order valence-corrected chi connectivity index (χ4v) is 2.87. The summed E-state index contributed by atoms with van der Waals surface area (Å²) in [7, 11) is 0. The molecular formula is C17H30N2O. The highest BCUT2D eigenvalue weighted by molar-refractivity contribution is 5.35. The minimum atomic E-state index is 0.134. The SMILES string of the molecule is CCOc1ccccc1C(CC(C)CC(C)(C)C)NN. The molecule has 1 rings (SSSR count). The molecule has 0 saturated heterocycles. The first-order chi connectivity index (χ1) is 9.37. The predicted octanol–water partition coefficient (Wildman–Crippen LogP) is 4.05. The van der Waals surface area contributed by atoms with Crippen LogP contribution in [0.5, 0.6) is 5.75 Å². The molecule has 0 amide bonds. The van der Waals surface area contributed by atoms with Gasteiger partial charge in [-0.1, -0.05) is 45.9 Å². The van der Waals surface area contributed by atoms with Crippen molar-refractivity contribution in [1.29, 1.82) is 0 Å². The van der Waals surface area contributed by atoms with Crippen LogP contribution in [0.2, 0.25) is 0 Å². The Hall–Kier alpha value is -1.06. The standard InChI is InChI=1S/C17H30N2O/c1-6-20-16-10-8-7-9-14(16)15(19-18)11-13(2)12-17(3,4)5/h7-10,13,15,19H,6,11-12,18H2,1-5H3. The van der Waals surface area contributed by atoms with E-state index in [1.54, 1.807) is 0 Å². The zero-order valence-electron chi connectivity index (χ0n) is 13.6. The minimum absolute atomic E-state index is 0.134. The Kier molecular flexibility index (Phi) is 6.50. The largest absolute Gasteiger partial charge is 0.494 e. The predicted molar refractivity (Wildman–Crippen MR) is 85.5 cm³/mol. The Labute approximate surface area is 123 Å². The molecule has 20 heavy (non-hydrogen) atoms. The van der Waals surface area contributed by atoms with Gasteiger partial charge >= 0.3 is 0 Å². The van der Waals surface area contributed by atoms with Crippen LogP contribution in [0.4, 0.5) is 0 Å². The molecule has 0 aromatic heterocycles. The van der Waals surface area contributed by atoms with Crippen LogP contribution >= 0.6 is 0 Å². The molecular weight excluding hydrogens is 248 g/mol. The first kappa shape index (κ1) is 17.0. The highest BCUT2D eigenvalue weighted by Gasteiger charge is 2.21. The highest BCUT2D eigenvalue weighted by atomic mass is 16.5. The van der Waals surface area contributed by atoms with Gasteiger partial charge in [0, 0.05) is 11.6 Å². The fourth-order valence-electron chi connectivity index (χ4n) is 2.87. The van der Waals surface area contributed by atoms with Crippen LogP contribution in [0.3, 0.4) is 0 Å². The van der Waals surface area contributed by atoms with Crippen LogP contribution < -0.4 is 16.0 Å². The lowest BCUT2D eigenvalue weighted by Gasteiger charge is -2.27. The maximum atomic E-state index is 5.78. The van der Waals surface area contributed by atoms with E-state index in [0.717, 1.165) is 17.7 Å². The van der Waals surface area contributed by atoms with E-state index in [2.05, 4.69) is 39.2 Å². The van der Waals surface area contributed by atoms with Crippen LogP contribution in [0.15, 0.2) is 24.3 Å². The molecule has 3 heteroatoms. The molecule has 2 atom stereocenters. The van der Waals surface area contributed by atoms with Gasteiger partial charge in [-0.15, -0.1) is 0 Å². The number of ether oxygens (including phenoxy) is 1. The number of hydrogen-bond donors (Lipinski definition) is 2. The van der Waals surface area contributed by atoms with E-state index >= 15 is 0 Å². The third-order valence-corrected chi connectivity index (χ3v) is 3.39. The Bertz CT molecular complexity index is 398. The van der Waals surface area contributed by atoms with Crippen molar-refractivity contribution in [2.75, 3.05) is 6.61 Å². The van der Waals surface area contributed by atoms with Gasteiger partial charge in [0.1, 0.15) is 5.75 Å². The van der Waals surface area contributed by atoms with Crippen molar-refractivity contribution in [3.05, 3.63) is 29.8 Å². The van der Waals surface area contributed by atoms with Crippen molar-refractivity contribution in [1.82, 2.24) is 5.43 Å². The Balaban J connectivity index is 2.80. The normalized spacial score (nSPS) is 14.9. The average molecular weight is 278 g/mol. The Morgan fingerprint density at radius 2 is 1.90 bits per heavy atom. The third-order valence-electron chi connectivity index (χ3n) is 3.39. The molecule has 0 aliphatic rings. The van der Waals surface area contributed by atoms with Crippen LogP contribution in [0.25, 0.3) is 0 Å². The van der Waals surface area contributed by atoms with Gasteiger partial charge in [-0.2, -0.15) is 0 Å². The molecule has 1 aromatic rings. The summed E-state index contributed by atoms with van der Waals surface area (Å²) in [5.41, 5.74) is 4.45. The van der Waals surface area contributed by atoms with Crippen molar-refractivity contribution in [2.24, 2.45) is 17.2 Å². The maximum absolute atomic E-state index is 5.78. The van der Waals surface area contributed by atoms with Crippen molar-refractivity contribution in [3.63, 3.8) is 0 Å². The molecule has 0 aliphatic carbocycles. The highest BCUT2D eigenvalue weighted by Crippen LogP contribution is 2.33. The third kappa shape index (κ3) is 5.51. The van der Waals surface area contributed by atoms with E-state index in [1.807, 2.05) is 25.1 Å². The number of hydrogen-bond acceptors (Lipinski definition) is 3. The van der Waals surface area contributed by atoms with Crippen LogP contribution in [0, 0.1) is 11.3 Å². The van der Waals surface area contributed by atoms with Crippen molar-refractivity contribution in [3.8, 4) is 5.75 Å². The quantitative estimate of drug-likeness (QED) is 0.584. The van der Waals surface area contributed by atoms with Gasteiger partial charge in [-0.05, 0) is 37.2 Å². The van der Waals surface area contributed by atoms with E-state index in [-0.39, 0.29) is 6.04 Å². The first-order valence-corrected chi connectivity index (χ1v) is 7.55. The molecule has 0 saturated carbocycles. The summed E-state index contributed by atoms with van der Waals surface area (Å²) in [4.78, 5) is 0. The van der Waals surface area contributed by atoms with Crippen molar-refractivity contribution in [2.45, 2.75) is 53.5 Å². The zero-order valence-corrected chi connectivity index (χ0v) is 13.6. The lowest BCUT2D eigenvalue weighted by Crippen LogP contribution is -2.30. The summed E-state index contributed by atoms with van der Waals surface area (Å²) in [5, 5.41) is 0. The second-order valence-electron chi connectivity index (χ2n) is 6.80. The minimum Gasteiger partial charge on any atom is -0.494 e. The van der Waals surface area contributed by atoms with Gasteiger partial charge in [-0.25, -0.2) is 0 Å². The first-order valence-electron chi connectivity index (χ1n) is 7.55. The summed E-state index contributed by atoms with van der Waals surface area (Å²) in [6.07, 6.45) is 2.19. The van der Waals surface area contributed by atoms with Crippen LogP contribution in [-0.4, -0.2) is 6.61 Å². The number of hydrazine groups is 1. The molecule has 0 heterocycles. The van der Waals surface area contributed by atoms with Gasteiger partial charge in [-0.3, -0.25) is 11.3 Å². The van der Waals surface area contributed by atoms with E-state index in [4.69, 9.17) is 10.6 Å². The summed E-state index contributed by atoms with van der Waals surface area (Å²) in [6, 6.07) is 8.28. The van der Waals surface area contributed by atoms with Crippen molar-refractivity contribution < 1.29 is 4.74 Å². The van der Waals surface area contributed by atoms with Gasteiger partial charge in [0.05, 0.1) is 6.61 Å². The van der Waals surface area contributed by atoms with Gasteiger partial charge in [0.2, 0.25) is 0 Å². The lowest BCUT2D eigenvalue weighted by molar-refractivity contribution is 0.272. The molecule has 114 valence electrons. The van der Waals surface area contributed by atoms with Gasteiger partial charge < -0.3 is 4.74 Å². The summed E-state index contributed by atoms with van der Waals surface area (Å²) < 4.78 is 5.71. The molecule has 0 aliphatic heterocycles. The molecule has 0 bridgehead atoms. The van der Waals surface area contributed by atoms with Crippen LogP contribution in [-0.2, 0) is 0 Å². The smallest absolute Gasteiger partial charge is 0.124 e. The van der Waals surface area contributed by atoms with Crippen molar-refractivity contribution >= 4 is 0 Å². The topological polar surface area (TPSA) is 47.3 Å². The second-order valence-corrected chi connectivity index (χ2v) is 6.80. The zero-order chi connectivity index (χ0) is 15.2. The maximum Gasteiger partial charge on any atom is 0.124 e. The fraction of sp³-hybridized carbons (Fsp3) is 0.647. The number of benzene rings is 1.